The average Bonchev–Trinajstić information content (AvgIpc) is 2.79. The fraction of sp³-hybridized carbons (Fsp3) is 0.481. The van der Waals surface area contributed by atoms with E-state index in [2.05, 4.69) is 42.0 Å². The second-order valence-electron chi connectivity index (χ2n) is 10.2. The number of anilines is 1. The van der Waals surface area contributed by atoms with Gasteiger partial charge in [0.05, 0.1) is 11.9 Å². The molecule has 0 unspecified atom stereocenters. The van der Waals surface area contributed by atoms with Gasteiger partial charge in [-0.05, 0) is 61.1 Å². The number of halogens is 1. The Morgan fingerprint density at radius 1 is 1.06 bits per heavy atom. The minimum atomic E-state index is -3.77. The lowest BCUT2D eigenvalue weighted by atomic mass is 9.87. The number of amides is 2. The summed E-state index contributed by atoms with van der Waals surface area (Å²) in [5.41, 5.74) is 2.18. The van der Waals surface area contributed by atoms with Gasteiger partial charge in [-0.25, -0.2) is 8.42 Å². The van der Waals surface area contributed by atoms with Gasteiger partial charge in [0, 0.05) is 17.1 Å². The van der Waals surface area contributed by atoms with E-state index in [0.29, 0.717) is 5.69 Å². The van der Waals surface area contributed by atoms with Gasteiger partial charge in [-0.2, -0.15) is 0 Å². The van der Waals surface area contributed by atoms with Crippen LogP contribution in [0.1, 0.15) is 59.1 Å². The van der Waals surface area contributed by atoms with Crippen LogP contribution in [0.3, 0.4) is 0 Å². The lowest BCUT2D eigenvalue weighted by Crippen LogP contribution is -2.52. The molecule has 0 spiro atoms. The average molecular weight is 581 g/mol. The highest BCUT2D eigenvalue weighted by atomic mass is 79.9. The Labute approximate surface area is 224 Å². The molecule has 7 nitrogen and oxygen atoms in total. The third-order valence-electron chi connectivity index (χ3n) is 6.11. The maximum absolute atomic E-state index is 13.6. The predicted octanol–water partition coefficient (Wildman–Crippen LogP) is 4.84. The molecule has 198 valence electrons. The van der Waals surface area contributed by atoms with Gasteiger partial charge in [0.15, 0.2) is 0 Å². The van der Waals surface area contributed by atoms with Crippen LogP contribution in [-0.2, 0) is 31.6 Å². The molecule has 0 fully saturated rings. The molecule has 2 rings (SSSR count). The quantitative estimate of drug-likeness (QED) is 0.436. The number of nitrogens with zero attached hydrogens (tertiary/aromatic N) is 2. The van der Waals surface area contributed by atoms with Crippen molar-refractivity contribution < 1.29 is 18.0 Å². The van der Waals surface area contributed by atoms with Gasteiger partial charge in [-0.3, -0.25) is 13.9 Å². The van der Waals surface area contributed by atoms with Crippen molar-refractivity contribution in [2.75, 3.05) is 17.1 Å². The SMILES string of the molecule is CC[C@@H](C)NC(=O)[C@H](C)N(Cc1cccc(Br)c1)C(=O)CN(c1ccc(C(C)(C)C)cc1)S(C)(=O)=O. The number of hydrogen-bond donors (Lipinski definition) is 1. The third kappa shape index (κ3) is 8.34. The summed E-state index contributed by atoms with van der Waals surface area (Å²) >= 11 is 3.44. The molecule has 2 aromatic carbocycles. The van der Waals surface area contributed by atoms with Crippen LogP contribution in [0.25, 0.3) is 0 Å². The summed E-state index contributed by atoms with van der Waals surface area (Å²) < 4.78 is 27.4. The van der Waals surface area contributed by atoms with Gasteiger partial charge in [-0.1, -0.05) is 67.9 Å². The number of benzene rings is 2. The van der Waals surface area contributed by atoms with Crippen molar-refractivity contribution in [1.29, 1.82) is 0 Å². The second kappa shape index (κ2) is 12.2. The number of carbonyl (C=O) groups excluding carboxylic acids is 2. The first-order valence-electron chi connectivity index (χ1n) is 12.1. The maximum Gasteiger partial charge on any atom is 0.244 e. The number of carbonyl (C=O) groups is 2. The highest BCUT2D eigenvalue weighted by molar-refractivity contribution is 9.10. The monoisotopic (exact) mass is 579 g/mol. The Bertz CT molecular complexity index is 1160. The summed E-state index contributed by atoms with van der Waals surface area (Å²) in [5, 5.41) is 2.92. The van der Waals surface area contributed by atoms with Crippen molar-refractivity contribution in [2.24, 2.45) is 0 Å². The van der Waals surface area contributed by atoms with Crippen molar-refractivity contribution in [3.63, 3.8) is 0 Å². The Morgan fingerprint density at radius 2 is 1.67 bits per heavy atom. The van der Waals surface area contributed by atoms with Crippen molar-refractivity contribution in [2.45, 2.75) is 72.0 Å². The molecule has 2 amide bonds. The van der Waals surface area contributed by atoms with Gasteiger partial charge < -0.3 is 10.2 Å². The molecule has 0 radical (unpaired) electrons. The molecule has 9 heteroatoms. The zero-order valence-corrected chi connectivity index (χ0v) is 24.6. The first-order valence-corrected chi connectivity index (χ1v) is 14.7. The highest BCUT2D eigenvalue weighted by Gasteiger charge is 2.30. The topological polar surface area (TPSA) is 86.8 Å². The molecule has 36 heavy (non-hydrogen) atoms. The molecule has 0 aromatic heterocycles. The Balaban J connectivity index is 2.40. The van der Waals surface area contributed by atoms with Crippen LogP contribution in [0, 0.1) is 0 Å². The summed E-state index contributed by atoms with van der Waals surface area (Å²) in [6, 6.07) is 13.8. The summed E-state index contributed by atoms with van der Waals surface area (Å²) in [6.07, 6.45) is 1.83. The standard InChI is InChI=1S/C27H38BrN3O4S/c1-8-19(2)29-26(33)20(3)30(17-21-10-9-11-23(28)16-21)25(32)18-31(36(7,34)35)24-14-12-22(13-15-24)27(4,5)6/h9-16,19-20H,8,17-18H2,1-7H3,(H,29,33)/t19-,20+/m1/s1. The van der Waals surface area contributed by atoms with Crippen LogP contribution in [-0.4, -0.2) is 50.0 Å². The molecule has 0 heterocycles. The zero-order valence-electron chi connectivity index (χ0n) is 22.2. The van der Waals surface area contributed by atoms with Crippen LogP contribution in [0.5, 0.6) is 0 Å². The molecule has 0 saturated carbocycles. The Hall–Kier alpha value is -2.39. The molecule has 2 atom stereocenters. The van der Waals surface area contributed by atoms with E-state index in [1.165, 1.54) is 4.90 Å². The van der Waals surface area contributed by atoms with Crippen molar-refractivity contribution in [3.05, 3.63) is 64.1 Å². The first-order chi connectivity index (χ1) is 16.6. The number of sulfonamides is 1. The molecule has 0 bridgehead atoms. The zero-order chi connectivity index (χ0) is 27.3. The Morgan fingerprint density at radius 3 is 2.17 bits per heavy atom. The normalized spacial score (nSPS) is 13.6. The number of nitrogens with one attached hydrogen (secondary N) is 1. The van der Waals surface area contributed by atoms with Crippen LogP contribution < -0.4 is 9.62 Å². The van der Waals surface area contributed by atoms with Gasteiger partial charge in [0.2, 0.25) is 21.8 Å². The fourth-order valence-corrected chi connectivity index (χ4v) is 4.92. The first kappa shape index (κ1) is 29.8. The van der Waals surface area contributed by atoms with Crippen LogP contribution >= 0.6 is 15.9 Å². The number of rotatable bonds is 10. The summed E-state index contributed by atoms with van der Waals surface area (Å²) in [6.45, 7) is 11.5. The van der Waals surface area contributed by atoms with E-state index in [1.54, 1.807) is 19.1 Å². The van der Waals surface area contributed by atoms with Crippen LogP contribution in [0.4, 0.5) is 5.69 Å². The van der Waals surface area contributed by atoms with E-state index >= 15 is 0 Å². The largest absolute Gasteiger partial charge is 0.352 e. The molecule has 0 aliphatic heterocycles. The molecule has 0 aliphatic carbocycles. The maximum atomic E-state index is 13.6. The van der Waals surface area contributed by atoms with E-state index in [-0.39, 0.29) is 23.9 Å². The molecule has 0 aliphatic rings. The van der Waals surface area contributed by atoms with Gasteiger partial charge in [-0.15, -0.1) is 0 Å². The summed E-state index contributed by atoms with van der Waals surface area (Å²) in [7, 11) is -3.77. The van der Waals surface area contributed by atoms with E-state index in [4.69, 9.17) is 0 Å². The molecule has 2 aromatic rings. The molecular formula is C27H38BrN3O4S. The van der Waals surface area contributed by atoms with E-state index < -0.39 is 28.5 Å². The van der Waals surface area contributed by atoms with Crippen molar-refractivity contribution in [1.82, 2.24) is 10.2 Å². The van der Waals surface area contributed by atoms with Crippen LogP contribution in [0.2, 0.25) is 0 Å². The minimum Gasteiger partial charge on any atom is -0.352 e. The summed E-state index contributed by atoms with van der Waals surface area (Å²) in [4.78, 5) is 28.0. The molecule has 1 N–H and O–H groups in total. The minimum absolute atomic E-state index is 0.0448. The second-order valence-corrected chi connectivity index (χ2v) is 13.0. The van der Waals surface area contributed by atoms with Crippen molar-refractivity contribution >= 4 is 43.5 Å². The summed E-state index contributed by atoms with van der Waals surface area (Å²) in [5.74, 6) is -0.750. The van der Waals surface area contributed by atoms with Gasteiger partial charge >= 0.3 is 0 Å². The molecule has 0 saturated heterocycles. The lowest BCUT2D eigenvalue weighted by Gasteiger charge is -2.32. The van der Waals surface area contributed by atoms with E-state index in [9.17, 15) is 18.0 Å². The fourth-order valence-electron chi connectivity index (χ4n) is 3.62. The molecular weight excluding hydrogens is 542 g/mol. The third-order valence-corrected chi connectivity index (χ3v) is 7.74. The highest BCUT2D eigenvalue weighted by Crippen LogP contribution is 2.26. The lowest BCUT2D eigenvalue weighted by molar-refractivity contribution is -0.139. The van der Waals surface area contributed by atoms with Gasteiger partial charge in [0.25, 0.3) is 0 Å². The van der Waals surface area contributed by atoms with Crippen molar-refractivity contribution in [3.8, 4) is 0 Å². The van der Waals surface area contributed by atoms with Gasteiger partial charge in [0.1, 0.15) is 12.6 Å². The number of hydrogen-bond acceptors (Lipinski definition) is 4. The predicted molar refractivity (Wildman–Crippen MR) is 149 cm³/mol. The smallest absolute Gasteiger partial charge is 0.244 e. The van der Waals surface area contributed by atoms with E-state index in [1.807, 2.05) is 50.2 Å². The van der Waals surface area contributed by atoms with Crippen LogP contribution in [0.15, 0.2) is 53.0 Å². The van der Waals surface area contributed by atoms with E-state index in [0.717, 1.165) is 32.6 Å². The Kier molecular flexibility index (Phi) is 10.1.